The fourth-order valence-corrected chi connectivity index (χ4v) is 5.80. The topological polar surface area (TPSA) is 57.5 Å². The minimum absolute atomic E-state index is 0.0764. The van der Waals surface area contributed by atoms with Crippen molar-refractivity contribution in [2.75, 3.05) is 0 Å². The van der Waals surface area contributed by atoms with Crippen LogP contribution in [0.5, 0.6) is 0 Å². The van der Waals surface area contributed by atoms with E-state index in [1.807, 2.05) is 6.07 Å². The normalized spacial score (nSPS) is 25.1. The molecule has 0 radical (unpaired) electrons. The van der Waals surface area contributed by atoms with Gasteiger partial charge in [0.1, 0.15) is 4.88 Å². The first-order valence-electron chi connectivity index (χ1n) is 10.7. The molecule has 2 rings (SSSR count). The van der Waals surface area contributed by atoms with Gasteiger partial charge in [-0.15, -0.1) is 22.9 Å². The Morgan fingerprint density at radius 3 is 2.41 bits per heavy atom. The van der Waals surface area contributed by atoms with E-state index in [1.165, 1.54) is 56.3 Å². The average molecular weight is 415 g/mol. The summed E-state index contributed by atoms with van der Waals surface area (Å²) in [6, 6.07) is 3.61. The van der Waals surface area contributed by atoms with Gasteiger partial charge in [-0.3, -0.25) is 0 Å². The van der Waals surface area contributed by atoms with Crippen molar-refractivity contribution in [2.24, 2.45) is 11.8 Å². The molecule has 1 aliphatic carbocycles. The van der Waals surface area contributed by atoms with Crippen LogP contribution in [0.4, 0.5) is 0 Å². The number of hydrogen-bond donors (Lipinski definition) is 2. The van der Waals surface area contributed by atoms with Gasteiger partial charge in [-0.2, -0.15) is 0 Å². The maximum absolute atomic E-state index is 11.0. The van der Waals surface area contributed by atoms with Gasteiger partial charge in [0.05, 0.1) is 6.10 Å². The molecule has 0 aromatic carbocycles. The molecule has 27 heavy (non-hydrogen) atoms. The maximum atomic E-state index is 11.0. The van der Waals surface area contributed by atoms with Crippen LogP contribution in [0.1, 0.15) is 92.1 Å². The molecule has 1 fully saturated rings. The molecule has 1 heterocycles. The zero-order chi connectivity index (χ0) is 19.6. The third kappa shape index (κ3) is 7.40. The largest absolute Gasteiger partial charge is 0.477 e. The molecule has 1 aromatic heterocycles. The van der Waals surface area contributed by atoms with Gasteiger partial charge < -0.3 is 10.2 Å². The SMILES string of the molecule is CCCCCCCCCC1C(O)CC(Cl)C1CCCc1ccc(C(=O)O)s1. The highest BCUT2D eigenvalue weighted by Crippen LogP contribution is 2.42. The quantitative estimate of drug-likeness (QED) is 0.285. The Balaban J connectivity index is 1.71. The molecule has 1 aliphatic rings. The van der Waals surface area contributed by atoms with E-state index in [0.717, 1.165) is 37.0 Å². The zero-order valence-electron chi connectivity index (χ0n) is 16.5. The number of rotatable bonds is 13. The molecule has 1 saturated carbocycles. The number of aliphatic hydroxyl groups is 1. The van der Waals surface area contributed by atoms with E-state index >= 15 is 0 Å². The molecule has 1 aromatic rings. The average Bonchev–Trinajstić information content (AvgIpc) is 3.20. The van der Waals surface area contributed by atoms with Crippen molar-refractivity contribution in [3.05, 3.63) is 21.9 Å². The highest BCUT2D eigenvalue weighted by Gasteiger charge is 2.40. The molecule has 5 heteroatoms. The van der Waals surface area contributed by atoms with E-state index in [1.54, 1.807) is 6.07 Å². The van der Waals surface area contributed by atoms with Crippen LogP contribution < -0.4 is 0 Å². The standard InChI is InChI=1S/C22H35ClO3S/c1-2-3-4-5-6-7-8-11-18-17(19(23)15-20(18)24)12-9-10-16-13-14-21(27-16)22(25)26/h13-14,17-20,24H,2-12,15H2,1H3,(H,25,26). The van der Waals surface area contributed by atoms with Crippen LogP contribution in [0.2, 0.25) is 0 Å². The van der Waals surface area contributed by atoms with Crippen LogP contribution in [-0.4, -0.2) is 27.7 Å². The fraction of sp³-hybridized carbons (Fsp3) is 0.773. The van der Waals surface area contributed by atoms with E-state index in [0.29, 0.717) is 16.7 Å². The Labute approximate surface area is 173 Å². The molecular weight excluding hydrogens is 380 g/mol. The van der Waals surface area contributed by atoms with E-state index in [2.05, 4.69) is 6.92 Å². The molecule has 2 N–H and O–H groups in total. The molecular formula is C22H35ClO3S. The Bertz CT molecular complexity index is 560. The van der Waals surface area contributed by atoms with Crippen LogP contribution in [0.25, 0.3) is 0 Å². The number of carboxylic acids is 1. The molecule has 0 spiro atoms. The predicted molar refractivity (Wildman–Crippen MR) is 114 cm³/mol. The molecule has 154 valence electrons. The first-order valence-corrected chi connectivity index (χ1v) is 11.9. The number of aryl methyl sites for hydroxylation is 1. The first-order chi connectivity index (χ1) is 13.0. The Morgan fingerprint density at radius 2 is 1.74 bits per heavy atom. The number of thiophene rings is 1. The molecule has 4 unspecified atom stereocenters. The van der Waals surface area contributed by atoms with Crippen LogP contribution in [0.15, 0.2) is 12.1 Å². The number of halogens is 1. The summed E-state index contributed by atoms with van der Waals surface area (Å²) in [5.74, 6) is -0.123. The number of carbonyl (C=O) groups is 1. The number of aromatic carboxylic acids is 1. The Kier molecular flexibility index (Phi) is 10.2. The summed E-state index contributed by atoms with van der Waals surface area (Å²) in [6.07, 6.45) is 13.6. The lowest BCUT2D eigenvalue weighted by Gasteiger charge is -2.23. The summed E-state index contributed by atoms with van der Waals surface area (Å²) < 4.78 is 0. The highest BCUT2D eigenvalue weighted by atomic mass is 35.5. The number of carboxylic acid groups (broad SMARTS) is 1. The Hall–Kier alpha value is -0.580. The molecule has 4 atom stereocenters. The van der Waals surface area contributed by atoms with Crippen molar-refractivity contribution in [1.29, 1.82) is 0 Å². The second-order valence-electron chi connectivity index (χ2n) is 8.02. The van der Waals surface area contributed by atoms with Gasteiger partial charge in [0.25, 0.3) is 0 Å². The van der Waals surface area contributed by atoms with E-state index < -0.39 is 5.97 Å². The van der Waals surface area contributed by atoms with Crippen molar-refractivity contribution >= 4 is 28.9 Å². The van der Waals surface area contributed by atoms with Crippen molar-refractivity contribution in [2.45, 2.75) is 95.5 Å². The molecule has 0 aliphatic heterocycles. The van der Waals surface area contributed by atoms with Crippen LogP contribution in [-0.2, 0) is 6.42 Å². The summed E-state index contributed by atoms with van der Waals surface area (Å²) in [5.41, 5.74) is 0. The highest BCUT2D eigenvalue weighted by molar-refractivity contribution is 7.13. The van der Waals surface area contributed by atoms with Crippen molar-refractivity contribution in [3.63, 3.8) is 0 Å². The third-order valence-electron chi connectivity index (χ3n) is 5.95. The smallest absolute Gasteiger partial charge is 0.345 e. The van der Waals surface area contributed by atoms with Crippen LogP contribution in [0.3, 0.4) is 0 Å². The van der Waals surface area contributed by atoms with Gasteiger partial charge in [0.2, 0.25) is 0 Å². The fourth-order valence-electron chi connectivity index (χ4n) is 4.41. The number of hydrogen-bond acceptors (Lipinski definition) is 3. The number of unbranched alkanes of at least 4 members (excludes halogenated alkanes) is 6. The summed E-state index contributed by atoms with van der Waals surface area (Å²) in [4.78, 5) is 12.5. The van der Waals surface area contributed by atoms with Gasteiger partial charge in [-0.25, -0.2) is 4.79 Å². The van der Waals surface area contributed by atoms with Gasteiger partial charge in [-0.05, 0) is 56.1 Å². The van der Waals surface area contributed by atoms with Gasteiger partial charge in [-0.1, -0.05) is 51.9 Å². The second kappa shape index (κ2) is 12.1. The number of alkyl halides is 1. The monoisotopic (exact) mass is 414 g/mol. The second-order valence-corrected chi connectivity index (χ2v) is 9.75. The molecule has 0 saturated heterocycles. The first kappa shape index (κ1) is 22.7. The molecule has 3 nitrogen and oxygen atoms in total. The molecule has 0 bridgehead atoms. The van der Waals surface area contributed by atoms with Gasteiger partial charge >= 0.3 is 5.97 Å². The maximum Gasteiger partial charge on any atom is 0.345 e. The van der Waals surface area contributed by atoms with Gasteiger partial charge in [0, 0.05) is 10.3 Å². The zero-order valence-corrected chi connectivity index (χ0v) is 18.1. The summed E-state index contributed by atoms with van der Waals surface area (Å²) >= 11 is 7.93. The van der Waals surface area contributed by atoms with E-state index in [9.17, 15) is 9.90 Å². The van der Waals surface area contributed by atoms with Crippen LogP contribution in [0, 0.1) is 11.8 Å². The minimum atomic E-state index is -0.847. The summed E-state index contributed by atoms with van der Waals surface area (Å²) in [5, 5.41) is 19.5. The lowest BCUT2D eigenvalue weighted by molar-refractivity contribution is 0.0702. The summed E-state index contributed by atoms with van der Waals surface area (Å²) in [6.45, 7) is 2.24. The van der Waals surface area contributed by atoms with E-state index in [4.69, 9.17) is 16.7 Å². The lowest BCUT2D eigenvalue weighted by atomic mass is 9.85. The number of aliphatic hydroxyl groups excluding tert-OH is 1. The van der Waals surface area contributed by atoms with Crippen molar-refractivity contribution in [1.82, 2.24) is 0 Å². The third-order valence-corrected chi connectivity index (χ3v) is 7.58. The minimum Gasteiger partial charge on any atom is -0.477 e. The predicted octanol–water partition coefficient (Wildman–Crippen LogP) is 6.51. The van der Waals surface area contributed by atoms with Crippen LogP contribution >= 0.6 is 22.9 Å². The lowest BCUT2D eigenvalue weighted by Crippen LogP contribution is -2.21. The van der Waals surface area contributed by atoms with Crippen molar-refractivity contribution < 1.29 is 15.0 Å². The van der Waals surface area contributed by atoms with Crippen molar-refractivity contribution in [3.8, 4) is 0 Å². The summed E-state index contributed by atoms with van der Waals surface area (Å²) in [7, 11) is 0. The molecule has 0 amide bonds. The van der Waals surface area contributed by atoms with Gasteiger partial charge in [0.15, 0.2) is 0 Å². The Morgan fingerprint density at radius 1 is 1.07 bits per heavy atom. The van der Waals surface area contributed by atoms with E-state index in [-0.39, 0.29) is 11.5 Å².